The number of aromatic nitrogens is 2. The zero-order valence-corrected chi connectivity index (χ0v) is 11.6. The number of hydrogen-bond acceptors (Lipinski definition) is 8. The van der Waals surface area contributed by atoms with Crippen LogP contribution in [0.1, 0.15) is 30.5 Å². The number of amides is 2. The molecule has 1 aliphatic heterocycles. The van der Waals surface area contributed by atoms with E-state index < -0.39 is 5.97 Å². The highest BCUT2D eigenvalue weighted by atomic mass is 32.2. The van der Waals surface area contributed by atoms with Gasteiger partial charge in [0.15, 0.2) is 0 Å². The van der Waals surface area contributed by atoms with E-state index in [1.807, 2.05) is 0 Å². The summed E-state index contributed by atoms with van der Waals surface area (Å²) >= 11 is 0.982. The van der Waals surface area contributed by atoms with Crippen LogP contribution in [-0.2, 0) is 14.3 Å². The van der Waals surface area contributed by atoms with Gasteiger partial charge in [-0.15, -0.1) is 5.10 Å². The first-order valence-electron chi connectivity index (χ1n) is 6.08. The van der Waals surface area contributed by atoms with Crippen molar-refractivity contribution in [3.63, 3.8) is 0 Å². The number of carbonyl (C=O) groups excluding carboxylic acids is 3. The van der Waals surface area contributed by atoms with Crippen LogP contribution in [0, 0.1) is 0 Å². The first-order valence-corrected chi connectivity index (χ1v) is 7.07. The van der Waals surface area contributed by atoms with Crippen molar-refractivity contribution in [2.45, 2.75) is 25.0 Å². The van der Waals surface area contributed by atoms with Gasteiger partial charge in [0.25, 0.3) is 5.22 Å². The Hall–Kier alpha value is -1.90. The Balaban J connectivity index is 1.86. The third-order valence-electron chi connectivity index (χ3n) is 2.55. The summed E-state index contributed by atoms with van der Waals surface area (Å²) in [6.07, 6.45) is 1.10. The summed E-state index contributed by atoms with van der Waals surface area (Å²) in [7, 11) is 0. The number of esters is 1. The predicted octanol–water partition coefficient (Wildman–Crippen LogP) is 0.487. The Kier molecular flexibility index (Phi) is 4.72. The molecule has 0 spiro atoms. The average Bonchev–Trinajstić information content (AvgIpc) is 3.05. The van der Waals surface area contributed by atoms with Gasteiger partial charge in [-0.1, -0.05) is 16.9 Å². The molecule has 0 saturated carbocycles. The molecule has 8 nitrogen and oxygen atoms in total. The number of imide groups is 1. The van der Waals surface area contributed by atoms with Crippen molar-refractivity contribution in [1.82, 2.24) is 15.1 Å². The number of carbonyl (C=O) groups is 3. The van der Waals surface area contributed by atoms with Gasteiger partial charge >= 0.3 is 11.9 Å². The van der Waals surface area contributed by atoms with Gasteiger partial charge < -0.3 is 9.15 Å². The van der Waals surface area contributed by atoms with Crippen molar-refractivity contribution >= 4 is 29.5 Å². The average molecular weight is 299 g/mol. The molecule has 108 valence electrons. The number of likely N-dealkylation sites (tertiary alicyclic amines) is 1. The van der Waals surface area contributed by atoms with Crippen LogP contribution in [0.5, 0.6) is 0 Å². The second kappa shape index (κ2) is 6.51. The fourth-order valence-corrected chi connectivity index (χ4v) is 2.30. The number of nitrogens with zero attached hydrogens (tertiary/aromatic N) is 3. The lowest BCUT2D eigenvalue weighted by molar-refractivity contribution is -0.140. The first kappa shape index (κ1) is 14.5. The molecule has 0 N–H and O–H groups in total. The second-order valence-corrected chi connectivity index (χ2v) is 4.85. The van der Waals surface area contributed by atoms with Crippen molar-refractivity contribution in [2.24, 2.45) is 0 Å². The van der Waals surface area contributed by atoms with E-state index in [1.54, 1.807) is 6.92 Å². The van der Waals surface area contributed by atoms with Crippen molar-refractivity contribution in [2.75, 3.05) is 18.9 Å². The Bertz CT molecular complexity index is 530. The third kappa shape index (κ3) is 3.35. The van der Waals surface area contributed by atoms with Crippen LogP contribution in [0.4, 0.5) is 0 Å². The minimum Gasteiger partial charge on any atom is -0.459 e. The number of rotatable bonds is 5. The maximum absolute atomic E-state index is 11.8. The normalized spacial score (nSPS) is 14.7. The van der Waals surface area contributed by atoms with Crippen molar-refractivity contribution in [3.05, 3.63) is 5.89 Å². The molecule has 2 rings (SSSR count). The molecule has 0 aromatic carbocycles. The molecule has 0 aliphatic carbocycles. The number of hydrogen-bond donors (Lipinski definition) is 0. The highest BCUT2D eigenvalue weighted by molar-refractivity contribution is 7.99. The summed E-state index contributed by atoms with van der Waals surface area (Å²) in [6, 6.07) is 0. The van der Waals surface area contributed by atoms with E-state index >= 15 is 0 Å². The smallest absolute Gasteiger partial charge is 0.396 e. The van der Waals surface area contributed by atoms with Crippen molar-refractivity contribution in [1.29, 1.82) is 0 Å². The van der Waals surface area contributed by atoms with Crippen LogP contribution in [0.2, 0.25) is 0 Å². The van der Waals surface area contributed by atoms with Gasteiger partial charge in [-0.25, -0.2) is 4.79 Å². The molecular formula is C11H13N3O5S. The molecule has 0 bridgehead atoms. The lowest BCUT2D eigenvalue weighted by Gasteiger charge is -2.11. The molecule has 1 aromatic rings. The largest absolute Gasteiger partial charge is 0.459 e. The summed E-state index contributed by atoms with van der Waals surface area (Å²) < 4.78 is 9.75. The van der Waals surface area contributed by atoms with Gasteiger partial charge in [0.05, 0.1) is 12.4 Å². The van der Waals surface area contributed by atoms with E-state index in [4.69, 9.17) is 9.15 Å². The summed E-state index contributed by atoms with van der Waals surface area (Å²) in [5.74, 6) is -1.40. The number of ether oxygens (including phenoxy) is 1. The maximum atomic E-state index is 11.8. The van der Waals surface area contributed by atoms with Gasteiger partial charge in [0, 0.05) is 13.0 Å². The standard InChI is InChI=1S/C11H13N3O5S/c1-2-18-10(17)9-12-13-11(19-9)20-6-8(16)14-5-3-4-7(14)15/h2-6H2,1H3. The summed E-state index contributed by atoms with van der Waals surface area (Å²) in [5.41, 5.74) is 0. The Morgan fingerprint density at radius 3 is 2.90 bits per heavy atom. The van der Waals surface area contributed by atoms with Crippen molar-refractivity contribution in [3.8, 4) is 0 Å². The fraction of sp³-hybridized carbons (Fsp3) is 0.545. The molecule has 20 heavy (non-hydrogen) atoms. The minimum absolute atomic E-state index is 0.0101. The van der Waals surface area contributed by atoms with Crippen LogP contribution >= 0.6 is 11.8 Å². The summed E-state index contributed by atoms with van der Waals surface area (Å²) in [4.78, 5) is 35.7. The molecular weight excluding hydrogens is 286 g/mol. The van der Waals surface area contributed by atoms with Crippen molar-refractivity contribution < 1.29 is 23.5 Å². The second-order valence-electron chi connectivity index (χ2n) is 3.92. The molecule has 0 radical (unpaired) electrons. The highest BCUT2D eigenvalue weighted by Crippen LogP contribution is 2.19. The molecule has 1 aromatic heterocycles. The van der Waals surface area contributed by atoms with Crippen LogP contribution in [0.25, 0.3) is 0 Å². The van der Waals surface area contributed by atoms with Gasteiger partial charge in [0.2, 0.25) is 11.8 Å². The Morgan fingerprint density at radius 1 is 1.45 bits per heavy atom. The SMILES string of the molecule is CCOC(=O)c1nnc(SCC(=O)N2CCCC2=O)o1. The van der Waals surface area contributed by atoms with Gasteiger partial charge in [-0.3, -0.25) is 14.5 Å². The molecule has 0 atom stereocenters. The Labute approximate surface area is 118 Å². The predicted molar refractivity (Wildman–Crippen MR) is 66.9 cm³/mol. The van der Waals surface area contributed by atoms with E-state index in [1.165, 1.54) is 4.90 Å². The molecule has 9 heteroatoms. The third-order valence-corrected chi connectivity index (χ3v) is 3.35. The van der Waals surface area contributed by atoms with Crippen LogP contribution in [-0.4, -0.2) is 51.8 Å². The molecule has 1 saturated heterocycles. The first-order chi connectivity index (χ1) is 9.61. The lowest BCUT2D eigenvalue weighted by Crippen LogP contribution is -2.33. The lowest BCUT2D eigenvalue weighted by atomic mass is 10.4. The molecule has 1 aliphatic rings. The van der Waals surface area contributed by atoms with E-state index in [0.717, 1.165) is 11.8 Å². The van der Waals surface area contributed by atoms with E-state index in [0.29, 0.717) is 19.4 Å². The molecule has 1 fully saturated rings. The maximum Gasteiger partial charge on any atom is 0.396 e. The minimum atomic E-state index is -0.701. The van der Waals surface area contributed by atoms with E-state index in [-0.39, 0.29) is 35.3 Å². The topological polar surface area (TPSA) is 103 Å². The number of thioether (sulfide) groups is 1. The van der Waals surface area contributed by atoms with Gasteiger partial charge in [0.1, 0.15) is 0 Å². The highest BCUT2D eigenvalue weighted by Gasteiger charge is 2.26. The quantitative estimate of drug-likeness (QED) is 0.571. The van der Waals surface area contributed by atoms with Crippen LogP contribution < -0.4 is 0 Å². The van der Waals surface area contributed by atoms with Crippen LogP contribution in [0.15, 0.2) is 9.64 Å². The fourth-order valence-electron chi connectivity index (χ4n) is 1.66. The summed E-state index contributed by atoms with van der Waals surface area (Å²) in [5, 5.41) is 7.24. The molecule has 2 heterocycles. The molecule has 2 amide bonds. The van der Waals surface area contributed by atoms with E-state index in [9.17, 15) is 14.4 Å². The van der Waals surface area contributed by atoms with E-state index in [2.05, 4.69) is 10.2 Å². The van der Waals surface area contributed by atoms with Gasteiger partial charge in [-0.2, -0.15) is 0 Å². The van der Waals surface area contributed by atoms with Crippen LogP contribution in [0.3, 0.4) is 0 Å². The molecule has 0 unspecified atom stereocenters. The Morgan fingerprint density at radius 2 is 2.25 bits per heavy atom. The monoisotopic (exact) mass is 299 g/mol. The zero-order valence-electron chi connectivity index (χ0n) is 10.8. The zero-order chi connectivity index (χ0) is 14.5. The van der Waals surface area contributed by atoms with Gasteiger partial charge in [-0.05, 0) is 13.3 Å². The summed E-state index contributed by atoms with van der Waals surface area (Å²) in [6.45, 7) is 2.32.